The second kappa shape index (κ2) is 5.24. The van der Waals surface area contributed by atoms with Gasteiger partial charge in [-0.25, -0.2) is 0 Å². The molecule has 0 amide bonds. The molecule has 1 atom stereocenters. The number of nitrogens with zero attached hydrogens (tertiary/aromatic N) is 1. The molecule has 84 valence electrons. The summed E-state index contributed by atoms with van der Waals surface area (Å²) in [6, 6.07) is 4.20. The van der Waals surface area contributed by atoms with Crippen molar-refractivity contribution in [1.29, 1.82) is 0 Å². The lowest BCUT2D eigenvalue weighted by Gasteiger charge is -2.24. The summed E-state index contributed by atoms with van der Waals surface area (Å²) >= 11 is 0. The quantitative estimate of drug-likeness (QED) is 0.823. The number of aromatic nitrogens is 1. The van der Waals surface area contributed by atoms with Crippen LogP contribution >= 0.6 is 0 Å². The number of rotatable bonds is 4. The van der Waals surface area contributed by atoms with Crippen LogP contribution < -0.4 is 5.32 Å². The van der Waals surface area contributed by atoms with E-state index in [0.717, 1.165) is 5.56 Å². The fourth-order valence-electron chi connectivity index (χ4n) is 1.26. The van der Waals surface area contributed by atoms with Crippen molar-refractivity contribution in [3.05, 3.63) is 30.1 Å². The summed E-state index contributed by atoms with van der Waals surface area (Å²) < 4.78 is 5.75. The zero-order valence-corrected chi connectivity index (χ0v) is 9.95. The normalized spacial score (nSPS) is 13.9. The minimum absolute atomic E-state index is 0.0999. The third-order valence-corrected chi connectivity index (χ3v) is 2.12. The highest BCUT2D eigenvalue weighted by Gasteiger charge is 2.15. The van der Waals surface area contributed by atoms with Gasteiger partial charge in [0.2, 0.25) is 0 Å². The van der Waals surface area contributed by atoms with Crippen molar-refractivity contribution in [1.82, 2.24) is 10.3 Å². The van der Waals surface area contributed by atoms with E-state index in [-0.39, 0.29) is 11.6 Å². The van der Waals surface area contributed by atoms with E-state index in [1.165, 1.54) is 0 Å². The highest BCUT2D eigenvalue weighted by molar-refractivity contribution is 5.13. The Labute approximate surface area is 91.9 Å². The molecule has 0 aliphatic rings. The fourth-order valence-corrected chi connectivity index (χ4v) is 1.26. The number of hydrogen-bond donors (Lipinski definition) is 1. The zero-order chi connectivity index (χ0) is 11.3. The molecule has 15 heavy (non-hydrogen) atoms. The van der Waals surface area contributed by atoms with Crippen molar-refractivity contribution in [3.8, 4) is 0 Å². The van der Waals surface area contributed by atoms with E-state index in [0.29, 0.717) is 6.61 Å². The summed E-state index contributed by atoms with van der Waals surface area (Å²) in [6.07, 6.45) is 3.65. The number of hydrogen-bond acceptors (Lipinski definition) is 3. The Morgan fingerprint density at radius 3 is 2.67 bits per heavy atom. The Morgan fingerprint density at radius 2 is 2.20 bits per heavy atom. The maximum atomic E-state index is 5.75. The first-order valence-corrected chi connectivity index (χ1v) is 5.24. The third-order valence-electron chi connectivity index (χ3n) is 2.12. The summed E-state index contributed by atoms with van der Waals surface area (Å²) in [5.74, 6) is 0. The molecule has 0 aliphatic heterocycles. The summed E-state index contributed by atoms with van der Waals surface area (Å²) in [7, 11) is 1.93. The summed E-state index contributed by atoms with van der Waals surface area (Å²) in [6.45, 7) is 6.83. The van der Waals surface area contributed by atoms with Gasteiger partial charge in [-0.15, -0.1) is 0 Å². The minimum Gasteiger partial charge on any atom is -0.374 e. The molecule has 0 saturated carbocycles. The van der Waals surface area contributed by atoms with Gasteiger partial charge in [0.25, 0.3) is 0 Å². The van der Waals surface area contributed by atoms with Gasteiger partial charge in [-0.05, 0) is 39.4 Å². The van der Waals surface area contributed by atoms with E-state index in [2.05, 4.69) is 37.1 Å². The van der Waals surface area contributed by atoms with Gasteiger partial charge in [-0.1, -0.05) is 6.07 Å². The average molecular weight is 208 g/mol. The van der Waals surface area contributed by atoms with Gasteiger partial charge in [0.1, 0.15) is 0 Å². The average Bonchev–Trinajstić information content (AvgIpc) is 2.19. The first-order chi connectivity index (χ1) is 7.03. The van der Waals surface area contributed by atoms with Crippen molar-refractivity contribution in [2.45, 2.75) is 32.4 Å². The standard InChI is InChI=1S/C12H20N2O/c1-12(2,3)15-9-11(13-4)10-6-5-7-14-8-10/h5-8,11,13H,9H2,1-4H3. The largest absolute Gasteiger partial charge is 0.374 e. The predicted octanol–water partition coefficient (Wildman–Crippen LogP) is 2.16. The number of likely N-dealkylation sites (N-methyl/N-ethyl adjacent to an activating group) is 1. The molecule has 0 radical (unpaired) electrons. The van der Waals surface area contributed by atoms with Crippen LogP contribution in [0.5, 0.6) is 0 Å². The lowest BCUT2D eigenvalue weighted by molar-refractivity contribution is -0.0139. The highest BCUT2D eigenvalue weighted by atomic mass is 16.5. The second-order valence-corrected chi connectivity index (χ2v) is 4.55. The van der Waals surface area contributed by atoms with Crippen LogP contribution in [0.2, 0.25) is 0 Å². The molecule has 1 unspecified atom stereocenters. The molecule has 1 rings (SSSR count). The van der Waals surface area contributed by atoms with Gasteiger partial charge >= 0.3 is 0 Å². The molecule has 0 bridgehead atoms. The van der Waals surface area contributed by atoms with Crippen LogP contribution in [-0.2, 0) is 4.74 Å². The lowest BCUT2D eigenvalue weighted by atomic mass is 10.1. The molecule has 0 spiro atoms. The Bertz CT molecular complexity index is 279. The monoisotopic (exact) mass is 208 g/mol. The van der Waals surface area contributed by atoms with Gasteiger partial charge in [0.15, 0.2) is 0 Å². The molecule has 3 nitrogen and oxygen atoms in total. The first kappa shape index (κ1) is 12.1. The molecular formula is C12H20N2O. The third kappa shape index (κ3) is 4.40. The van der Waals surface area contributed by atoms with Crippen LogP contribution in [0.1, 0.15) is 32.4 Å². The van der Waals surface area contributed by atoms with Crippen molar-refractivity contribution < 1.29 is 4.74 Å². The Kier molecular flexibility index (Phi) is 4.24. The summed E-state index contributed by atoms with van der Waals surface area (Å²) in [5, 5.41) is 3.23. The van der Waals surface area contributed by atoms with Crippen LogP contribution in [0.25, 0.3) is 0 Å². The van der Waals surface area contributed by atoms with Gasteiger partial charge < -0.3 is 10.1 Å². The van der Waals surface area contributed by atoms with Crippen molar-refractivity contribution >= 4 is 0 Å². The van der Waals surface area contributed by atoms with Crippen LogP contribution in [0, 0.1) is 0 Å². The Morgan fingerprint density at radius 1 is 1.47 bits per heavy atom. The SMILES string of the molecule is CNC(COC(C)(C)C)c1cccnc1. The number of pyridine rings is 1. The smallest absolute Gasteiger partial charge is 0.0669 e. The van der Waals surface area contributed by atoms with Gasteiger partial charge in [-0.3, -0.25) is 4.98 Å². The number of ether oxygens (including phenoxy) is 1. The second-order valence-electron chi connectivity index (χ2n) is 4.55. The Hall–Kier alpha value is -0.930. The Balaban J connectivity index is 2.58. The van der Waals surface area contributed by atoms with Gasteiger partial charge in [0, 0.05) is 12.4 Å². The van der Waals surface area contributed by atoms with Crippen LogP contribution in [0.4, 0.5) is 0 Å². The number of nitrogens with one attached hydrogen (secondary N) is 1. The van der Waals surface area contributed by atoms with E-state index < -0.39 is 0 Å². The zero-order valence-electron chi connectivity index (χ0n) is 9.95. The van der Waals surface area contributed by atoms with Crippen molar-refractivity contribution in [3.63, 3.8) is 0 Å². The lowest BCUT2D eigenvalue weighted by Crippen LogP contribution is -2.28. The fraction of sp³-hybridized carbons (Fsp3) is 0.583. The predicted molar refractivity (Wildman–Crippen MR) is 61.7 cm³/mol. The maximum Gasteiger partial charge on any atom is 0.0669 e. The van der Waals surface area contributed by atoms with E-state index in [1.54, 1.807) is 6.20 Å². The first-order valence-electron chi connectivity index (χ1n) is 5.24. The van der Waals surface area contributed by atoms with E-state index in [4.69, 9.17) is 4.74 Å². The molecule has 1 aromatic rings. The van der Waals surface area contributed by atoms with E-state index in [1.807, 2.05) is 19.3 Å². The molecule has 3 heteroatoms. The maximum absolute atomic E-state index is 5.75. The van der Waals surface area contributed by atoms with Crippen LogP contribution in [0.3, 0.4) is 0 Å². The van der Waals surface area contributed by atoms with Gasteiger partial charge in [0.05, 0.1) is 18.2 Å². The molecule has 0 aromatic carbocycles. The molecule has 0 saturated heterocycles. The van der Waals surface area contributed by atoms with Gasteiger partial charge in [-0.2, -0.15) is 0 Å². The van der Waals surface area contributed by atoms with Crippen LogP contribution in [0.15, 0.2) is 24.5 Å². The molecule has 1 N–H and O–H groups in total. The van der Waals surface area contributed by atoms with Crippen molar-refractivity contribution in [2.24, 2.45) is 0 Å². The van der Waals surface area contributed by atoms with Crippen molar-refractivity contribution in [2.75, 3.05) is 13.7 Å². The summed E-state index contributed by atoms with van der Waals surface area (Å²) in [4.78, 5) is 4.10. The van der Waals surface area contributed by atoms with E-state index in [9.17, 15) is 0 Å². The molecule has 1 aromatic heterocycles. The summed E-state index contributed by atoms with van der Waals surface area (Å²) in [5.41, 5.74) is 1.06. The van der Waals surface area contributed by atoms with Crippen LogP contribution in [-0.4, -0.2) is 24.2 Å². The topological polar surface area (TPSA) is 34.1 Å². The molecule has 0 fully saturated rings. The minimum atomic E-state index is -0.0999. The molecular weight excluding hydrogens is 188 g/mol. The molecule has 0 aliphatic carbocycles. The molecule has 1 heterocycles. The van der Waals surface area contributed by atoms with E-state index >= 15 is 0 Å². The highest BCUT2D eigenvalue weighted by Crippen LogP contribution is 2.15.